The molecule has 7 N–H and O–H groups in total. The fourth-order valence-corrected chi connectivity index (χ4v) is 3.85. The number of hydrogen-bond acceptors (Lipinski definition) is 11. The Kier molecular flexibility index (Phi) is 14.5. The van der Waals surface area contributed by atoms with Crippen LogP contribution in [0.25, 0.3) is 0 Å². The first-order chi connectivity index (χ1) is 18.5. The Labute approximate surface area is 236 Å². The standard InChI is InChI=1S/C22H35N9O8.ClH/c1-3-12(2)20(26-16(32)4-5-18(34)35)22(38)25-10-17(33)31-11-13(39-19(36)6-7-23)8-14(31)21(37)24-9-15-27-29-30-28-15;/h12-14,20H,3-11,23H2,1-2H3,(H,24,37)(H,25,38)(H,26,32)(H,34,35)(H,27,28,29,30);1H/t12-,13+,14-,20-;/m0./s1. The third-order valence-corrected chi connectivity index (χ3v) is 6.13. The number of aromatic nitrogens is 4. The van der Waals surface area contributed by atoms with E-state index in [0.29, 0.717) is 6.42 Å². The average Bonchev–Trinajstić information content (AvgIpc) is 3.57. The molecule has 0 bridgehead atoms. The highest BCUT2D eigenvalue weighted by Crippen LogP contribution is 2.21. The van der Waals surface area contributed by atoms with Crippen molar-refractivity contribution in [3.8, 4) is 0 Å². The quantitative estimate of drug-likeness (QED) is 0.117. The molecule has 0 spiro atoms. The molecule has 0 saturated carbocycles. The number of esters is 1. The molecule has 2 heterocycles. The van der Waals surface area contributed by atoms with Crippen molar-refractivity contribution in [1.29, 1.82) is 0 Å². The number of nitrogens with one attached hydrogen (secondary N) is 4. The number of nitrogens with two attached hydrogens (primary N) is 1. The van der Waals surface area contributed by atoms with E-state index in [-0.39, 0.29) is 69.5 Å². The van der Waals surface area contributed by atoms with Crippen LogP contribution in [0, 0.1) is 5.92 Å². The fraction of sp³-hybridized carbons (Fsp3) is 0.682. The molecule has 18 heteroatoms. The number of rotatable bonds is 15. The summed E-state index contributed by atoms with van der Waals surface area (Å²) in [6.45, 7) is 3.00. The summed E-state index contributed by atoms with van der Waals surface area (Å²) in [6.07, 6.45) is -0.913. The Morgan fingerprint density at radius 1 is 1.18 bits per heavy atom. The minimum Gasteiger partial charge on any atom is -0.481 e. The van der Waals surface area contributed by atoms with Gasteiger partial charge in [0, 0.05) is 19.4 Å². The third kappa shape index (κ3) is 10.7. The van der Waals surface area contributed by atoms with Gasteiger partial charge in [-0.15, -0.1) is 22.6 Å². The van der Waals surface area contributed by atoms with Crippen molar-refractivity contribution in [2.24, 2.45) is 11.7 Å². The van der Waals surface area contributed by atoms with Gasteiger partial charge in [-0.3, -0.25) is 28.8 Å². The molecule has 1 fully saturated rings. The molecule has 0 radical (unpaired) electrons. The molecule has 4 atom stereocenters. The number of tetrazole rings is 1. The van der Waals surface area contributed by atoms with E-state index in [1.165, 1.54) is 4.90 Å². The zero-order valence-electron chi connectivity index (χ0n) is 22.3. The van der Waals surface area contributed by atoms with E-state index in [1.54, 1.807) is 6.92 Å². The van der Waals surface area contributed by atoms with Crippen LogP contribution in [-0.4, -0.2) is 104 Å². The number of ether oxygens (including phenoxy) is 1. The number of H-pyrrole nitrogens is 1. The Bertz CT molecular complexity index is 1030. The highest BCUT2D eigenvalue weighted by atomic mass is 35.5. The number of nitrogens with zero attached hydrogens (tertiary/aromatic N) is 4. The number of likely N-dealkylation sites (tertiary alicyclic amines) is 1. The highest BCUT2D eigenvalue weighted by Gasteiger charge is 2.41. The van der Waals surface area contributed by atoms with Crippen LogP contribution in [0.2, 0.25) is 0 Å². The van der Waals surface area contributed by atoms with E-state index in [2.05, 4.69) is 36.6 Å². The zero-order chi connectivity index (χ0) is 28.9. The maximum atomic E-state index is 13.1. The fourth-order valence-electron chi connectivity index (χ4n) is 3.85. The van der Waals surface area contributed by atoms with Gasteiger partial charge in [0.2, 0.25) is 23.6 Å². The van der Waals surface area contributed by atoms with Crippen LogP contribution in [0.1, 0.15) is 51.8 Å². The minimum absolute atomic E-state index is 0. The molecular weight excluding hydrogens is 554 g/mol. The van der Waals surface area contributed by atoms with Gasteiger partial charge in [-0.2, -0.15) is 5.21 Å². The molecule has 0 aromatic carbocycles. The lowest BCUT2D eigenvalue weighted by Gasteiger charge is -2.26. The normalized spacial score (nSPS) is 17.6. The predicted octanol–water partition coefficient (Wildman–Crippen LogP) is -2.39. The van der Waals surface area contributed by atoms with Crippen LogP contribution in [0.15, 0.2) is 0 Å². The molecule has 1 aliphatic heterocycles. The summed E-state index contributed by atoms with van der Waals surface area (Å²) in [7, 11) is 0. The molecule has 2 rings (SSSR count). The summed E-state index contributed by atoms with van der Waals surface area (Å²) in [6, 6.07) is -2.00. The minimum atomic E-state index is -1.14. The lowest BCUT2D eigenvalue weighted by molar-refractivity contribution is -0.149. The Hall–Kier alpha value is -3.86. The van der Waals surface area contributed by atoms with Crippen molar-refractivity contribution in [3.63, 3.8) is 0 Å². The van der Waals surface area contributed by atoms with Gasteiger partial charge in [-0.1, -0.05) is 25.5 Å². The zero-order valence-corrected chi connectivity index (χ0v) is 23.1. The summed E-state index contributed by atoms with van der Waals surface area (Å²) in [5.74, 6) is -4.19. The summed E-state index contributed by atoms with van der Waals surface area (Å²) in [5, 5.41) is 29.5. The van der Waals surface area contributed by atoms with Crippen LogP contribution in [0.4, 0.5) is 0 Å². The van der Waals surface area contributed by atoms with E-state index in [0.717, 1.165) is 0 Å². The molecule has 1 aliphatic rings. The summed E-state index contributed by atoms with van der Waals surface area (Å²) in [5.41, 5.74) is 5.38. The molecule has 17 nitrogen and oxygen atoms in total. The second-order valence-corrected chi connectivity index (χ2v) is 9.04. The molecule has 1 saturated heterocycles. The maximum Gasteiger partial charge on any atom is 0.307 e. The molecule has 224 valence electrons. The number of halogens is 1. The first-order valence-electron chi connectivity index (χ1n) is 12.5. The van der Waals surface area contributed by atoms with E-state index >= 15 is 0 Å². The van der Waals surface area contributed by atoms with Gasteiger partial charge in [0.05, 0.1) is 32.5 Å². The van der Waals surface area contributed by atoms with Crippen molar-refractivity contribution in [1.82, 2.24) is 41.5 Å². The van der Waals surface area contributed by atoms with E-state index in [4.69, 9.17) is 15.6 Å². The number of carboxylic acid groups (broad SMARTS) is 1. The van der Waals surface area contributed by atoms with Crippen LogP contribution < -0.4 is 21.7 Å². The molecule has 40 heavy (non-hydrogen) atoms. The second-order valence-electron chi connectivity index (χ2n) is 9.04. The molecule has 0 aliphatic carbocycles. The maximum absolute atomic E-state index is 13.1. The number of aromatic amines is 1. The lowest BCUT2D eigenvalue weighted by atomic mass is 9.98. The monoisotopic (exact) mass is 589 g/mol. The Morgan fingerprint density at radius 2 is 1.90 bits per heavy atom. The topological polar surface area (TPSA) is 252 Å². The molecule has 4 amide bonds. The van der Waals surface area contributed by atoms with Gasteiger partial charge < -0.3 is 36.4 Å². The Balaban J connectivity index is 0.00000800. The number of carbonyl (C=O) groups is 6. The van der Waals surface area contributed by atoms with Crippen LogP contribution in [-0.2, 0) is 40.0 Å². The van der Waals surface area contributed by atoms with E-state index in [9.17, 15) is 28.8 Å². The van der Waals surface area contributed by atoms with Gasteiger partial charge >= 0.3 is 11.9 Å². The highest BCUT2D eigenvalue weighted by molar-refractivity contribution is 5.93. The molecule has 1 aromatic heterocycles. The Morgan fingerprint density at radius 3 is 2.50 bits per heavy atom. The SMILES string of the molecule is CC[C@H](C)[C@H](NC(=O)CCC(=O)O)C(=O)NCC(=O)N1C[C@H](OC(=O)CCN)C[C@H]1C(=O)NCc1nn[nH]n1.Cl. The molecular formula is C22H36ClN9O8. The van der Waals surface area contributed by atoms with Gasteiger partial charge in [0.1, 0.15) is 18.2 Å². The third-order valence-electron chi connectivity index (χ3n) is 6.13. The smallest absolute Gasteiger partial charge is 0.307 e. The van der Waals surface area contributed by atoms with Crippen LogP contribution in [0.3, 0.4) is 0 Å². The molecule has 1 aromatic rings. The number of aliphatic carboxylic acids is 1. The lowest BCUT2D eigenvalue weighted by Crippen LogP contribution is -2.53. The number of amides is 4. The van der Waals surface area contributed by atoms with Crippen LogP contribution in [0.5, 0.6) is 0 Å². The van der Waals surface area contributed by atoms with Gasteiger partial charge in [-0.25, -0.2) is 0 Å². The van der Waals surface area contributed by atoms with Crippen molar-refractivity contribution in [2.75, 3.05) is 19.6 Å². The van der Waals surface area contributed by atoms with Crippen molar-refractivity contribution in [2.45, 2.75) is 70.7 Å². The van der Waals surface area contributed by atoms with Crippen molar-refractivity contribution < 1.29 is 38.6 Å². The summed E-state index contributed by atoms with van der Waals surface area (Å²) >= 11 is 0. The summed E-state index contributed by atoms with van der Waals surface area (Å²) in [4.78, 5) is 74.9. The predicted molar refractivity (Wildman–Crippen MR) is 138 cm³/mol. The van der Waals surface area contributed by atoms with Gasteiger partial charge in [0.15, 0.2) is 5.82 Å². The average molecular weight is 590 g/mol. The number of hydrogen-bond donors (Lipinski definition) is 6. The number of carbonyl (C=O) groups excluding carboxylic acids is 5. The van der Waals surface area contributed by atoms with E-state index < -0.39 is 60.3 Å². The van der Waals surface area contributed by atoms with Crippen LogP contribution >= 0.6 is 12.4 Å². The second kappa shape index (κ2) is 17.0. The van der Waals surface area contributed by atoms with E-state index in [1.807, 2.05) is 6.92 Å². The van der Waals surface area contributed by atoms with Gasteiger partial charge in [-0.05, 0) is 5.92 Å². The first kappa shape index (κ1) is 34.2. The van der Waals surface area contributed by atoms with Crippen molar-refractivity contribution >= 4 is 48.0 Å². The first-order valence-corrected chi connectivity index (χ1v) is 12.5. The number of carboxylic acids is 1. The summed E-state index contributed by atoms with van der Waals surface area (Å²) < 4.78 is 5.35. The van der Waals surface area contributed by atoms with Crippen molar-refractivity contribution in [3.05, 3.63) is 5.82 Å². The molecule has 0 unspecified atom stereocenters. The largest absolute Gasteiger partial charge is 0.481 e. The van der Waals surface area contributed by atoms with Gasteiger partial charge in [0.25, 0.3) is 0 Å².